The van der Waals surface area contributed by atoms with Crippen LogP contribution in [0.25, 0.3) is 0 Å². The molecule has 0 aliphatic heterocycles. The molecule has 112 valence electrons. The minimum atomic E-state index is 0.0436. The molecule has 2 rings (SSSR count). The summed E-state index contributed by atoms with van der Waals surface area (Å²) in [5.41, 5.74) is 6.97. The summed E-state index contributed by atoms with van der Waals surface area (Å²) in [5.74, 6) is 0.314. The largest absolute Gasteiger partial charge is 0.327 e. The normalized spacial score (nSPS) is 23.2. The van der Waals surface area contributed by atoms with Gasteiger partial charge in [0.2, 0.25) is 0 Å². The van der Waals surface area contributed by atoms with Crippen molar-refractivity contribution in [2.45, 2.75) is 70.9 Å². The predicted molar refractivity (Wildman–Crippen MR) is 80.5 cm³/mol. The van der Waals surface area contributed by atoms with Crippen LogP contribution >= 0.6 is 0 Å². The van der Waals surface area contributed by atoms with Gasteiger partial charge in [0.25, 0.3) is 0 Å². The second kappa shape index (κ2) is 7.02. The van der Waals surface area contributed by atoms with E-state index in [1.165, 1.54) is 0 Å². The van der Waals surface area contributed by atoms with Crippen molar-refractivity contribution >= 4 is 5.78 Å². The highest BCUT2D eigenvalue weighted by Crippen LogP contribution is 2.25. The molecule has 2 atom stereocenters. The fraction of sp³-hybridized carbons (Fsp3) is 0.750. The molecule has 0 bridgehead atoms. The van der Waals surface area contributed by atoms with Crippen LogP contribution in [0.5, 0.6) is 0 Å². The third-order valence-electron chi connectivity index (χ3n) is 4.57. The van der Waals surface area contributed by atoms with E-state index in [2.05, 4.69) is 18.9 Å². The third kappa shape index (κ3) is 3.48. The molecule has 1 aromatic rings. The molecule has 2 unspecified atom stereocenters. The molecule has 2 N–H and O–H groups in total. The first-order valence-electron chi connectivity index (χ1n) is 7.98. The van der Waals surface area contributed by atoms with E-state index in [1.54, 1.807) is 0 Å². The number of carbonyl (C=O) groups excluding carboxylic acids is 1. The van der Waals surface area contributed by atoms with E-state index in [9.17, 15) is 4.79 Å². The van der Waals surface area contributed by atoms with Gasteiger partial charge in [0.15, 0.2) is 0 Å². The predicted octanol–water partition coefficient (Wildman–Crippen LogP) is 2.87. The number of nitrogens with two attached hydrogens (primary N) is 1. The summed E-state index contributed by atoms with van der Waals surface area (Å²) in [7, 11) is 0. The molecule has 1 aliphatic rings. The number of aromatic nitrogens is 2. The number of hydrogen-bond acceptors (Lipinski definition) is 3. The zero-order valence-electron chi connectivity index (χ0n) is 12.7. The Bertz CT molecular complexity index is 437. The van der Waals surface area contributed by atoms with Crippen molar-refractivity contribution in [3.8, 4) is 0 Å². The minimum Gasteiger partial charge on any atom is -0.327 e. The van der Waals surface area contributed by atoms with Gasteiger partial charge in [-0.15, -0.1) is 0 Å². The summed E-state index contributed by atoms with van der Waals surface area (Å²) in [6, 6.07) is 2.47. The molecule has 4 heteroatoms. The highest BCUT2D eigenvalue weighted by molar-refractivity contribution is 5.83. The molecule has 0 aromatic carbocycles. The smallest absolute Gasteiger partial charge is 0.143 e. The van der Waals surface area contributed by atoms with Crippen molar-refractivity contribution in [1.82, 2.24) is 9.78 Å². The number of hydrogen-bond donors (Lipinski definition) is 1. The average Bonchev–Trinajstić information content (AvgIpc) is 2.89. The summed E-state index contributed by atoms with van der Waals surface area (Å²) in [6.07, 6.45) is 8.80. The van der Waals surface area contributed by atoms with E-state index >= 15 is 0 Å². The van der Waals surface area contributed by atoms with E-state index < -0.39 is 0 Å². The molecular formula is C16H27N3O. The lowest BCUT2D eigenvalue weighted by molar-refractivity contribution is -0.123. The highest BCUT2D eigenvalue weighted by Gasteiger charge is 2.28. The van der Waals surface area contributed by atoms with E-state index in [0.29, 0.717) is 12.5 Å². The highest BCUT2D eigenvalue weighted by atomic mass is 16.1. The Morgan fingerprint density at radius 3 is 2.75 bits per heavy atom. The maximum atomic E-state index is 12.4. The first kappa shape index (κ1) is 15.2. The van der Waals surface area contributed by atoms with Gasteiger partial charge in [-0.3, -0.25) is 9.48 Å². The molecule has 20 heavy (non-hydrogen) atoms. The number of carbonyl (C=O) groups is 1. The third-order valence-corrected chi connectivity index (χ3v) is 4.57. The van der Waals surface area contributed by atoms with Gasteiger partial charge in [-0.25, -0.2) is 0 Å². The van der Waals surface area contributed by atoms with Crippen LogP contribution < -0.4 is 5.73 Å². The van der Waals surface area contributed by atoms with Gasteiger partial charge in [0.05, 0.1) is 18.2 Å². The van der Waals surface area contributed by atoms with Crippen LogP contribution in [0.4, 0.5) is 0 Å². The number of rotatable bonds is 6. The number of Topliss-reactive ketones (excluding diaryl/α,β-unsaturated/α-hetero) is 1. The summed E-state index contributed by atoms with van der Waals surface area (Å²) in [5, 5.41) is 4.57. The summed E-state index contributed by atoms with van der Waals surface area (Å²) >= 11 is 0. The SMILES string of the molecule is CCC(CC)n1ccc(CC(=O)C2CCCCC2N)n1. The first-order chi connectivity index (χ1) is 9.65. The van der Waals surface area contributed by atoms with Crippen LogP contribution in [0.1, 0.15) is 64.1 Å². The standard InChI is InChI=1S/C16H27N3O/c1-3-13(4-2)19-10-9-12(18-19)11-16(20)14-7-5-6-8-15(14)17/h9-10,13-15H,3-8,11,17H2,1-2H3. The van der Waals surface area contributed by atoms with Gasteiger partial charge in [-0.1, -0.05) is 26.7 Å². The van der Waals surface area contributed by atoms with E-state index in [4.69, 9.17) is 5.73 Å². The van der Waals surface area contributed by atoms with Crippen molar-refractivity contribution < 1.29 is 4.79 Å². The van der Waals surface area contributed by atoms with Gasteiger partial charge in [-0.2, -0.15) is 5.10 Å². The van der Waals surface area contributed by atoms with Crippen LogP contribution in [0.2, 0.25) is 0 Å². The summed E-state index contributed by atoms with van der Waals surface area (Å²) < 4.78 is 2.00. The van der Waals surface area contributed by atoms with Crippen molar-refractivity contribution in [1.29, 1.82) is 0 Å². The zero-order valence-corrected chi connectivity index (χ0v) is 12.7. The lowest BCUT2D eigenvalue weighted by Gasteiger charge is -2.27. The molecule has 0 saturated heterocycles. The Morgan fingerprint density at radius 1 is 1.40 bits per heavy atom. The van der Waals surface area contributed by atoms with Crippen molar-refractivity contribution in [2.24, 2.45) is 11.7 Å². The summed E-state index contributed by atoms with van der Waals surface area (Å²) in [4.78, 5) is 12.4. The molecule has 1 saturated carbocycles. The summed E-state index contributed by atoms with van der Waals surface area (Å²) in [6.45, 7) is 4.34. The van der Waals surface area contributed by atoms with Gasteiger partial charge in [0, 0.05) is 18.2 Å². The minimum absolute atomic E-state index is 0.0436. The molecule has 1 aliphatic carbocycles. The van der Waals surface area contributed by atoms with Gasteiger partial charge >= 0.3 is 0 Å². The quantitative estimate of drug-likeness (QED) is 0.869. The lowest BCUT2D eigenvalue weighted by Crippen LogP contribution is -2.38. The molecule has 0 radical (unpaired) electrons. The van der Waals surface area contributed by atoms with Crippen molar-refractivity contribution in [3.05, 3.63) is 18.0 Å². The van der Waals surface area contributed by atoms with Crippen LogP contribution in [0.3, 0.4) is 0 Å². The van der Waals surface area contributed by atoms with Crippen LogP contribution in [0, 0.1) is 5.92 Å². The molecule has 1 fully saturated rings. The monoisotopic (exact) mass is 277 g/mol. The molecule has 0 amide bonds. The van der Waals surface area contributed by atoms with E-state index in [-0.39, 0.29) is 17.7 Å². The second-order valence-corrected chi connectivity index (χ2v) is 5.96. The van der Waals surface area contributed by atoms with Crippen molar-refractivity contribution in [2.75, 3.05) is 0 Å². The maximum absolute atomic E-state index is 12.4. The van der Waals surface area contributed by atoms with Gasteiger partial charge < -0.3 is 5.73 Å². The number of ketones is 1. The lowest BCUT2D eigenvalue weighted by atomic mass is 9.81. The van der Waals surface area contributed by atoms with Crippen LogP contribution in [-0.2, 0) is 11.2 Å². The van der Waals surface area contributed by atoms with Gasteiger partial charge in [-0.05, 0) is 31.7 Å². The Balaban J connectivity index is 1.97. The second-order valence-electron chi connectivity index (χ2n) is 5.96. The molecule has 0 spiro atoms. The zero-order chi connectivity index (χ0) is 14.5. The number of nitrogens with zero attached hydrogens (tertiary/aromatic N) is 2. The molecule has 1 heterocycles. The fourth-order valence-corrected chi connectivity index (χ4v) is 3.21. The Hall–Kier alpha value is -1.16. The van der Waals surface area contributed by atoms with Gasteiger partial charge in [0.1, 0.15) is 5.78 Å². The topological polar surface area (TPSA) is 60.9 Å². The Kier molecular flexibility index (Phi) is 5.35. The van der Waals surface area contributed by atoms with E-state index in [0.717, 1.165) is 44.2 Å². The Labute approximate surface area is 121 Å². The first-order valence-corrected chi connectivity index (χ1v) is 7.98. The maximum Gasteiger partial charge on any atom is 0.143 e. The van der Waals surface area contributed by atoms with Crippen LogP contribution in [0.15, 0.2) is 12.3 Å². The van der Waals surface area contributed by atoms with Crippen molar-refractivity contribution in [3.63, 3.8) is 0 Å². The molecule has 1 aromatic heterocycles. The van der Waals surface area contributed by atoms with Crippen LogP contribution in [-0.4, -0.2) is 21.6 Å². The molecule has 4 nitrogen and oxygen atoms in total. The molecular weight excluding hydrogens is 250 g/mol. The average molecular weight is 277 g/mol. The Morgan fingerprint density at radius 2 is 2.10 bits per heavy atom. The fourth-order valence-electron chi connectivity index (χ4n) is 3.21. The van der Waals surface area contributed by atoms with E-state index in [1.807, 2.05) is 16.9 Å².